The van der Waals surface area contributed by atoms with Gasteiger partial charge in [-0.25, -0.2) is 0 Å². The number of aliphatic hydroxyl groups is 1. The van der Waals surface area contributed by atoms with Crippen LogP contribution in [-0.4, -0.2) is 17.4 Å². The number of rotatable bonds is 4. The molecule has 0 aliphatic heterocycles. The highest BCUT2D eigenvalue weighted by Gasteiger charge is 2.27. The summed E-state index contributed by atoms with van der Waals surface area (Å²) in [5.41, 5.74) is 0. The van der Waals surface area contributed by atoms with Crippen LogP contribution in [0.3, 0.4) is 0 Å². The maximum Gasteiger partial charge on any atom is 0.389 e. The van der Waals surface area contributed by atoms with E-state index in [1.165, 1.54) is 0 Å². The molecule has 0 heterocycles. The summed E-state index contributed by atoms with van der Waals surface area (Å²) >= 11 is 0. The smallest absolute Gasteiger partial charge is 0.389 e. The van der Waals surface area contributed by atoms with Gasteiger partial charge >= 0.3 is 6.18 Å². The van der Waals surface area contributed by atoms with Crippen molar-refractivity contribution in [2.75, 3.05) is 0 Å². The van der Waals surface area contributed by atoms with Crippen LogP contribution in [-0.2, 0) is 0 Å². The Morgan fingerprint density at radius 3 is 2.08 bits per heavy atom. The largest absolute Gasteiger partial charge is 0.393 e. The monoisotopic (exact) mass is 184 g/mol. The molecule has 1 nitrogen and oxygen atoms in total. The van der Waals surface area contributed by atoms with E-state index in [9.17, 15) is 13.2 Å². The lowest BCUT2D eigenvalue weighted by Crippen LogP contribution is -2.15. The molecule has 0 fully saturated rings. The van der Waals surface area contributed by atoms with E-state index in [1.807, 2.05) is 13.8 Å². The zero-order chi connectivity index (χ0) is 9.78. The van der Waals surface area contributed by atoms with Crippen molar-refractivity contribution in [1.29, 1.82) is 0 Å². The number of aliphatic hydroxyl groups excluding tert-OH is 1. The zero-order valence-electron chi connectivity index (χ0n) is 7.36. The van der Waals surface area contributed by atoms with E-state index in [2.05, 4.69) is 0 Å². The summed E-state index contributed by atoms with van der Waals surface area (Å²) in [6.45, 7) is 3.74. The van der Waals surface area contributed by atoms with Crippen molar-refractivity contribution < 1.29 is 18.3 Å². The minimum absolute atomic E-state index is 0.179. The molecule has 0 bridgehead atoms. The van der Waals surface area contributed by atoms with E-state index in [1.54, 1.807) is 0 Å². The lowest BCUT2D eigenvalue weighted by molar-refractivity contribution is -0.140. The molecule has 0 radical (unpaired) electrons. The fourth-order valence-corrected chi connectivity index (χ4v) is 0.992. The summed E-state index contributed by atoms with van der Waals surface area (Å²) in [4.78, 5) is 0. The second-order valence-corrected chi connectivity index (χ2v) is 3.44. The molecule has 0 amide bonds. The number of hydrogen-bond acceptors (Lipinski definition) is 1. The average Bonchev–Trinajstić information content (AvgIpc) is 1.80. The lowest BCUT2D eigenvalue weighted by atomic mass is 10.0. The standard InChI is InChI=1S/C8H15F3O/c1-6(2)5-7(12)3-4-8(9,10)11/h6-7,12H,3-5H2,1-2H3/t7-/m0/s1. The lowest BCUT2D eigenvalue weighted by Gasteiger charge is -2.13. The molecule has 0 aliphatic carbocycles. The van der Waals surface area contributed by atoms with Gasteiger partial charge < -0.3 is 5.11 Å². The molecule has 0 unspecified atom stereocenters. The molecule has 74 valence electrons. The Morgan fingerprint density at radius 2 is 1.75 bits per heavy atom. The van der Waals surface area contributed by atoms with Crippen molar-refractivity contribution >= 4 is 0 Å². The molecule has 0 aliphatic rings. The first-order valence-electron chi connectivity index (χ1n) is 4.06. The van der Waals surface area contributed by atoms with Crippen molar-refractivity contribution in [1.82, 2.24) is 0 Å². The van der Waals surface area contributed by atoms with Gasteiger partial charge in [0.05, 0.1) is 6.10 Å². The minimum Gasteiger partial charge on any atom is -0.393 e. The van der Waals surface area contributed by atoms with E-state index in [4.69, 9.17) is 5.11 Å². The summed E-state index contributed by atoms with van der Waals surface area (Å²) in [7, 11) is 0. The Bertz CT molecular complexity index is 120. The number of alkyl halides is 3. The van der Waals surface area contributed by atoms with Crippen LogP contribution < -0.4 is 0 Å². The molecular formula is C8H15F3O. The fourth-order valence-electron chi connectivity index (χ4n) is 0.992. The Kier molecular flexibility index (Phi) is 4.60. The van der Waals surface area contributed by atoms with E-state index in [0.717, 1.165) is 0 Å². The molecule has 1 atom stereocenters. The predicted molar refractivity (Wildman–Crippen MR) is 40.8 cm³/mol. The van der Waals surface area contributed by atoms with E-state index >= 15 is 0 Å². The molecule has 4 heteroatoms. The molecule has 0 aromatic carbocycles. The molecule has 0 spiro atoms. The summed E-state index contributed by atoms with van der Waals surface area (Å²) in [6, 6.07) is 0. The van der Waals surface area contributed by atoms with Gasteiger partial charge in [0.15, 0.2) is 0 Å². The van der Waals surface area contributed by atoms with Crippen molar-refractivity contribution in [3.8, 4) is 0 Å². The maximum absolute atomic E-state index is 11.6. The second-order valence-electron chi connectivity index (χ2n) is 3.44. The Morgan fingerprint density at radius 1 is 1.25 bits per heavy atom. The third-order valence-corrected chi connectivity index (χ3v) is 1.50. The van der Waals surface area contributed by atoms with Crippen LogP contribution in [0.4, 0.5) is 13.2 Å². The third-order valence-electron chi connectivity index (χ3n) is 1.50. The van der Waals surface area contributed by atoms with Crippen LogP contribution in [0.5, 0.6) is 0 Å². The van der Waals surface area contributed by atoms with Gasteiger partial charge in [-0.05, 0) is 18.8 Å². The SMILES string of the molecule is CC(C)C[C@@H](O)CCC(F)(F)F. The Hall–Kier alpha value is -0.250. The predicted octanol–water partition coefficient (Wildman–Crippen LogP) is 2.74. The van der Waals surface area contributed by atoms with Crippen LogP contribution in [0.25, 0.3) is 0 Å². The van der Waals surface area contributed by atoms with Crippen LogP contribution in [0.15, 0.2) is 0 Å². The molecule has 0 rings (SSSR count). The minimum atomic E-state index is -4.14. The van der Waals surface area contributed by atoms with Gasteiger partial charge in [-0.15, -0.1) is 0 Å². The molecule has 0 aromatic heterocycles. The first-order chi connectivity index (χ1) is 5.31. The van der Waals surface area contributed by atoms with Crippen LogP contribution in [0.1, 0.15) is 33.1 Å². The first-order valence-corrected chi connectivity index (χ1v) is 4.06. The van der Waals surface area contributed by atoms with Crippen molar-refractivity contribution in [3.05, 3.63) is 0 Å². The molecule has 12 heavy (non-hydrogen) atoms. The van der Waals surface area contributed by atoms with Crippen molar-refractivity contribution in [2.45, 2.75) is 45.4 Å². The zero-order valence-corrected chi connectivity index (χ0v) is 7.36. The van der Waals surface area contributed by atoms with Gasteiger partial charge in [0.25, 0.3) is 0 Å². The van der Waals surface area contributed by atoms with Gasteiger partial charge in [0, 0.05) is 6.42 Å². The summed E-state index contributed by atoms with van der Waals surface area (Å²) in [6.07, 6.45) is -5.58. The Balaban J connectivity index is 3.51. The van der Waals surface area contributed by atoms with Gasteiger partial charge in [-0.2, -0.15) is 13.2 Å². The normalized spacial score (nSPS) is 15.2. The molecule has 0 saturated heterocycles. The first kappa shape index (κ1) is 11.8. The number of hydrogen-bond donors (Lipinski definition) is 1. The van der Waals surface area contributed by atoms with Gasteiger partial charge in [0.1, 0.15) is 0 Å². The molecule has 0 saturated carbocycles. The maximum atomic E-state index is 11.6. The fraction of sp³-hybridized carbons (Fsp3) is 1.00. The average molecular weight is 184 g/mol. The van der Waals surface area contributed by atoms with Crippen molar-refractivity contribution in [3.63, 3.8) is 0 Å². The van der Waals surface area contributed by atoms with Gasteiger partial charge in [-0.3, -0.25) is 0 Å². The number of halogens is 3. The van der Waals surface area contributed by atoms with Crippen LogP contribution >= 0.6 is 0 Å². The highest BCUT2D eigenvalue weighted by Crippen LogP contribution is 2.23. The summed E-state index contributed by atoms with van der Waals surface area (Å²) in [5, 5.41) is 9.08. The second kappa shape index (κ2) is 4.70. The Labute approximate surface area is 70.6 Å². The van der Waals surface area contributed by atoms with Crippen molar-refractivity contribution in [2.24, 2.45) is 5.92 Å². The molecule has 1 N–H and O–H groups in total. The highest BCUT2D eigenvalue weighted by molar-refractivity contribution is 4.61. The van der Waals surface area contributed by atoms with Crippen LogP contribution in [0.2, 0.25) is 0 Å². The summed E-state index contributed by atoms with van der Waals surface area (Å²) in [5.74, 6) is 0.244. The van der Waals surface area contributed by atoms with E-state index in [-0.39, 0.29) is 12.3 Å². The third kappa shape index (κ3) is 7.85. The summed E-state index contributed by atoms with van der Waals surface area (Å²) < 4.78 is 34.9. The topological polar surface area (TPSA) is 20.2 Å². The molecular weight excluding hydrogens is 169 g/mol. The van der Waals surface area contributed by atoms with Gasteiger partial charge in [0.2, 0.25) is 0 Å². The van der Waals surface area contributed by atoms with Crippen LogP contribution in [0, 0.1) is 5.92 Å². The van der Waals surface area contributed by atoms with E-state index in [0.29, 0.717) is 6.42 Å². The van der Waals surface area contributed by atoms with Gasteiger partial charge in [-0.1, -0.05) is 13.8 Å². The highest BCUT2D eigenvalue weighted by atomic mass is 19.4. The quantitative estimate of drug-likeness (QED) is 0.712. The molecule has 0 aromatic rings. The van der Waals surface area contributed by atoms with E-state index < -0.39 is 18.7 Å².